The molecule has 0 aromatic heterocycles. The van der Waals surface area contributed by atoms with E-state index in [-0.39, 0.29) is 23.8 Å². The molecule has 182 valence electrons. The smallest absolute Gasteiger partial charge is 0.256 e. The molecule has 1 aliphatic rings. The van der Waals surface area contributed by atoms with E-state index in [1.165, 1.54) is 12.1 Å². The fourth-order valence-corrected chi connectivity index (χ4v) is 4.65. The molecule has 0 unspecified atom stereocenters. The number of piperidine rings is 1. The molecule has 4 rings (SSSR count). The highest BCUT2D eigenvalue weighted by atomic mass is 19.1. The molecule has 1 heterocycles. The first-order chi connectivity index (χ1) is 17.0. The number of rotatable bonds is 8. The molecular weight excluding hydrogens is 443 g/mol. The Morgan fingerprint density at radius 2 is 1.63 bits per heavy atom. The van der Waals surface area contributed by atoms with Gasteiger partial charge >= 0.3 is 0 Å². The molecule has 35 heavy (non-hydrogen) atoms. The predicted molar refractivity (Wildman–Crippen MR) is 133 cm³/mol. The lowest BCUT2D eigenvalue weighted by atomic mass is 9.77. The van der Waals surface area contributed by atoms with Gasteiger partial charge in [0.05, 0.1) is 12.2 Å². The van der Waals surface area contributed by atoms with Crippen LogP contribution < -0.4 is 4.74 Å². The summed E-state index contributed by atoms with van der Waals surface area (Å²) in [5, 5.41) is 0. The van der Waals surface area contributed by atoms with Crippen molar-refractivity contribution < 1.29 is 18.7 Å². The SMILES string of the molecule is CN(Cc1ccccc1)C(=O)C[C@@]1(COc2ccccc2)CCCN(C(=O)c2ccccc2F)C1. The number of carbonyl (C=O) groups excluding carboxylic acids is 2. The second-order valence-corrected chi connectivity index (χ2v) is 9.32. The van der Waals surface area contributed by atoms with Gasteiger partial charge in [-0.05, 0) is 42.7 Å². The van der Waals surface area contributed by atoms with Crippen molar-refractivity contribution in [2.24, 2.45) is 5.41 Å². The van der Waals surface area contributed by atoms with Crippen LogP contribution in [0.2, 0.25) is 0 Å². The van der Waals surface area contributed by atoms with Crippen LogP contribution in [0.15, 0.2) is 84.9 Å². The van der Waals surface area contributed by atoms with Crippen LogP contribution >= 0.6 is 0 Å². The van der Waals surface area contributed by atoms with Crippen LogP contribution in [-0.2, 0) is 11.3 Å². The van der Waals surface area contributed by atoms with Crippen LogP contribution in [0, 0.1) is 11.2 Å². The fraction of sp³-hybridized carbons (Fsp3) is 0.310. The molecule has 0 radical (unpaired) electrons. The van der Waals surface area contributed by atoms with Gasteiger partial charge in [0.15, 0.2) is 0 Å². The van der Waals surface area contributed by atoms with Gasteiger partial charge in [0.2, 0.25) is 5.91 Å². The summed E-state index contributed by atoms with van der Waals surface area (Å²) in [4.78, 5) is 29.9. The van der Waals surface area contributed by atoms with Gasteiger partial charge in [-0.15, -0.1) is 0 Å². The first-order valence-electron chi connectivity index (χ1n) is 12.0. The lowest BCUT2D eigenvalue weighted by molar-refractivity contribution is -0.134. The Bertz CT molecular complexity index is 1140. The molecule has 1 fully saturated rings. The number of amides is 2. The van der Waals surface area contributed by atoms with Crippen LogP contribution in [0.3, 0.4) is 0 Å². The molecule has 1 aliphatic heterocycles. The van der Waals surface area contributed by atoms with Crippen LogP contribution in [0.4, 0.5) is 4.39 Å². The van der Waals surface area contributed by atoms with Crippen molar-refractivity contribution in [1.82, 2.24) is 9.80 Å². The molecule has 1 atom stereocenters. The molecule has 3 aromatic rings. The lowest BCUT2D eigenvalue weighted by Gasteiger charge is -2.43. The summed E-state index contributed by atoms with van der Waals surface area (Å²) in [6.07, 6.45) is 1.70. The topological polar surface area (TPSA) is 49.9 Å². The van der Waals surface area contributed by atoms with E-state index in [0.29, 0.717) is 32.7 Å². The van der Waals surface area contributed by atoms with E-state index in [1.54, 1.807) is 29.0 Å². The number of halogens is 1. The average Bonchev–Trinajstić information content (AvgIpc) is 2.89. The van der Waals surface area contributed by atoms with E-state index >= 15 is 0 Å². The van der Waals surface area contributed by atoms with Crippen LogP contribution in [-0.4, -0.2) is 48.4 Å². The van der Waals surface area contributed by atoms with E-state index < -0.39 is 11.2 Å². The van der Waals surface area contributed by atoms with Crippen molar-refractivity contribution in [1.29, 1.82) is 0 Å². The summed E-state index contributed by atoms with van der Waals surface area (Å²) in [6.45, 7) is 1.66. The van der Waals surface area contributed by atoms with E-state index in [2.05, 4.69) is 0 Å². The van der Waals surface area contributed by atoms with Crippen molar-refractivity contribution in [2.75, 3.05) is 26.7 Å². The Morgan fingerprint density at radius 3 is 2.34 bits per heavy atom. The normalized spacial score (nSPS) is 17.6. The zero-order chi connectivity index (χ0) is 24.7. The molecule has 0 saturated carbocycles. The van der Waals surface area contributed by atoms with E-state index in [1.807, 2.05) is 60.7 Å². The third-order valence-corrected chi connectivity index (χ3v) is 6.56. The first-order valence-corrected chi connectivity index (χ1v) is 12.0. The van der Waals surface area contributed by atoms with Gasteiger partial charge in [0.1, 0.15) is 11.6 Å². The number of hydrogen-bond acceptors (Lipinski definition) is 3. The Labute approximate surface area is 206 Å². The van der Waals surface area contributed by atoms with E-state index in [9.17, 15) is 14.0 Å². The van der Waals surface area contributed by atoms with Gasteiger partial charge in [0.25, 0.3) is 5.91 Å². The maximum Gasteiger partial charge on any atom is 0.256 e. The Morgan fingerprint density at radius 1 is 0.971 bits per heavy atom. The summed E-state index contributed by atoms with van der Waals surface area (Å²) < 4.78 is 20.5. The van der Waals surface area contributed by atoms with Gasteiger partial charge < -0.3 is 14.5 Å². The summed E-state index contributed by atoms with van der Waals surface area (Å²) in [5.41, 5.74) is 0.537. The van der Waals surface area contributed by atoms with Crippen LogP contribution in [0.25, 0.3) is 0 Å². The van der Waals surface area contributed by atoms with Crippen molar-refractivity contribution in [3.63, 3.8) is 0 Å². The number of carbonyl (C=O) groups is 2. The molecule has 2 amide bonds. The minimum atomic E-state index is -0.572. The first kappa shape index (κ1) is 24.5. The molecule has 1 saturated heterocycles. The molecule has 6 heteroatoms. The molecule has 0 N–H and O–H groups in total. The van der Waals surface area contributed by atoms with E-state index in [4.69, 9.17) is 4.74 Å². The second-order valence-electron chi connectivity index (χ2n) is 9.32. The van der Waals surface area contributed by atoms with Gasteiger partial charge in [-0.3, -0.25) is 9.59 Å². The highest BCUT2D eigenvalue weighted by molar-refractivity contribution is 5.94. The molecule has 0 aliphatic carbocycles. The van der Waals surface area contributed by atoms with Gasteiger partial charge in [-0.1, -0.05) is 60.7 Å². The van der Waals surface area contributed by atoms with E-state index in [0.717, 1.165) is 17.7 Å². The second kappa shape index (κ2) is 11.2. The Hall–Kier alpha value is -3.67. The number of likely N-dealkylation sites (tertiary alicyclic amines) is 1. The number of nitrogens with zero attached hydrogens (tertiary/aromatic N) is 2. The molecule has 0 bridgehead atoms. The summed E-state index contributed by atoms with van der Waals surface area (Å²) in [6, 6.07) is 25.3. The highest BCUT2D eigenvalue weighted by Crippen LogP contribution is 2.36. The quantitative estimate of drug-likeness (QED) is 0.452. The minimum Gasteiger partial charge on any atom is -0.493 e. The molecular formula is C29H31FN2O3. The largest absolute Gasteiger partial charge is 0.493 e. The van der Waals surface area contributed by atoms with Gasteiger partial charge in [0, 0.05) is 38.5 Å². The van der Waals surface area contributed by atoms with Gasteiger partial charge in [-0.25, -0.2) is 4.39 Å². The maximum atomic E-state index is 14.3. The fourth-order valence-electron chi connectivity index (χ4n) is 4.65. The summed E-state index contributed by atoms with van der Waals surface area (Å²) in [5.74, 6) is -0.176. The Kier molecular flexibility index (Phi) is 7.80. The predicted octanol–water partition coefficient (Wildman–Crippen LogP) is 5.18. The number of benzene rings is 3. The molecule has 3 aromatic carbocycles. The number of para-hydroxylation sites is 1. The van der Waals surface area contributed by atoms with Gasteiger partial charge in [-0.2, -0.15) is 0 Å². The van der Waals surface area contributed by atoms with Crippen LogP contribution in [0.5, 0.6) is 5.75 Å². The lowest BCUT2D eigenvalue weighted by Crippen LogP contribution is -2.50. The monoisotopic (exact) mass is 474 g/mol. The average molecular weight is 475 g/mol. The van der Waals surface area contributed by atoms with Crippen molar-refractivity contribution >= 4 is 11.8 Å². The van der Waals surface area contributed by atoms with Crippen molar-refractivity contribution in [3.8, 4) is 5.75 Å². The molecule has 5 nitrogen and oxygen atoms in total. The van der Waals surface area contributed by atoms with Crippen LogP contribution in [0.1, 0.15) is 35.2 Å². The van der Waals surface area contributed by atoms with Crippen molar-refractivity contribution in [2.45, 2.75) is 25.8 Å². The summed E-state index contributed by atoms with van der Waals surface area (Å²) in [7, 11) is 1.80. The summed E-state index contributed by atoms with van der Waals surface area (Å²) >= 11 is 0. The highest BCUT2D eigenvalue weighted by Gasteiger charge is 2.41. The third kappa shape index (κ3) is 6.27. The third-order valence-electron chi connectivity index (χ3n) is 6.56. The standard InChI is InChI=1S/C29H31FN2O3/c1-31(20-23-11-4-2-5-12-23)27(33)19-29(22-35-24-13-6-3-7-14-24)17-10-18-32(21-29)28(34)25-15-8-9-16-26(25)30/h2-9,11-16H,10,17-22H2,1H3/t29-/m0/s1. The zero-order valence-corrected chi connectivity index (χ0v) is 20.0. The van der Waals surface area contributed by atoms with Crippen molar-refractivity contribution in [3.05, 3.63) is 102 Å². The zero-order valence-electron chi connectivity index (χ0n) is 20.0. The maximum absolute atomic E-state index is 14.3. The number of hydrogen-bond donors (Lipinski definition) is 0. The Balaban J connectivity index is 1.53. The molecule has 0 spiro atoms. The number of ether oxygens (including phenoxy) is 1. The minimum absolute atomic E-state index is 0.00861.